The highest BCUT2D eigenvalue weighted by Crippen LogP contribution is 2.32. The van der Waals surface area contributed by atoms with Gasteiger partial charge in [0.15, 0.2) is 0 Å². The summed E-state index contributed by atoms with van der Waals surface area (Å²) < 4.78 is 5.19. The molecule has 1 aromatic heterocycles. The number of halogens is 2. The summed E-state index contributed by atoms with van der Waals surface area (Å²) in [5, 5.41) is 7.19. The average Bonchev–Trinajstić information content (AvgIpc) is 2.67. The van der Waals surface area contributed by atoms with Crippen LogP contribution in [-0.4, -0.2) is 36.3 Å². The zero-order valence-corrected chi connectivity index (χ0v) is 18.7. The van der Waals surface area contributed by atoms with Crippen molar-refractivity contribution in [3.8, 4) is 11.8 Å². The van der Waals surface area contributed by atoms with E-state index in [2.05, 4.69) is 32.4 Å². The normalized spacial score (nSPS) is 12.9. The summed E-state index contributed by atoms with van der Waals surface area (Å²) in [5.41, 5.74) is 2.02. The SMILES string of the molecule is CC(C)(C)OC(=O)NCC#Cc1cnc2c(c1)N(Cc1c(Cl)cccc1Cl)CCN2. The lowest BCUT2D eigenvalue weighted by Gasteiger charge is -2.32. The molecule has 2 heterocycles. The van der Waals surface area contributed by atoms with E-state index in [1.165, 1.54) is 0 Å². The lowest BCUT2D eigenvalue weighted by molar-refractivity contribution is 0.0535. The van der Waals surface area contributed by atoms with Gasteiger partial charge >= 0.3 is 6.09 Å². The molecular weight excluding hydrogens is 423 g/mol. The van der Waals surface area contributed by atoms with Crippen LogP contribution in [0.25, 0.3) is 0 Å². The standard InChI is InChI=1S/C22H24Cl2N4O2/c1-22(2,3)30-21(29)26-9-5-6-15-12-19-20(27-13-15)25-10-11-28(19)14-16-17(23)7-4-8-18(16)24/h4,7-8,12-13H,9-11,14H2,1-3H3,(H,25,27)(H,26,29). The monoisotopic (exact) mass is 446 g/mol. The quantitative estimate of drug-likeness (QED) is 0.668. The van der Waals surface area contributed by atoms with Crippen molar-refractivity contribution in [1.29, 1.82) is 0 Å². The Labute approximate surface area is 186 Å². The van der Waals surface area contributed by atoms with Gasteiger partial charge in [0.25, 0.3) is 0 Å². The Morgan fingerprint density at radius 3 is 2.77 bits per heavy atom. The van der Waals surface area contributed by atoms with Gasteiger partial charge < -0.3 is 20.3 Å². The van der Waals surface area contributed by atoms with Crippen LogP contribution in [0, 0.1) is 11.8 Å². The van der Waals surface area contributed by atoms with Crippen LogP contribution in [0.5, 0.6) is 0 Å². The van der Waals surface area contributed by atoms with Gasteiger partial charge in [-0.2, -0.15) is 0 Å². The number of aromatic nitrogens is 1. The van der Waals surface area contributed by atoms with Gasteiger partial charge in [-0.3, -0.25) is 0 Å². The van der Waals surface area contributed by atoms with Crippen molar-refractivity contribution in [2.45, 2.75) is 32.9 Å². The summed E-state index contributed by atoms with van der Waals surface area (Å²) in [4.78, 5) is 18.3. The number of nitrogens with zero attached hydrogens (tertiary/aromatic N) is 2. The molecule has 0 aliphatic carbocycles. The second kappa shape index (κ2) is 9.46. The highest BCUT2D eigenvalue weighted by molar-refractivity contribution is 6.36. The maximum Gasteiger partial charge on any atom is 0.408 e. The van der Waals surface area contributed by atoms with E-state index in [9.17, 15) is 4.79 Å². The van der Waals surface area contributed by atoms with Crippen molar-refractivity contribution in [1.82, 2.24) is 10.3 Å². The highest BCUT2D eigenvalue weighted by Gasteiger charge is 2.20. The molecule has 0 radical (unpaired) electrons. The summed E-state index contributed by atoms with van der Waals surface area (Å²) in [6.45, 7) is 7.75. The molecule has 0 bridgehead atoms. The van der Waals surface area contributed by atoms with Crippen molar-refractivity contribution in [3.05, 3.63) is 51.6 Å². The van der Waals surface area contributed by atoms with Crippen LogP contribution in [0.1, 0.15) is 31.9 Å². The Hall–Kier alpha value is -2.62. The second-order valence-corrected chi connectivity index (χ2v) is 8.61. The average molecular weight is 447 g/mol. The maximum atomic E-state index is 11.7. The summed E-state index contributed by atoms with van der Waals surface area (Å²) in [6, 6.07) is 7.48. The fourth-order valence-corrected chi connectivity index (χ4v) is 3.46. The van der Waals surface area contributed by atoms with E-state index < -0.39 is 11.7 Å². The number of fused-ring (bicyclic) bond motifs is 1. The Morgan fingerprint density at radius 2 is 2.07 bits per heavy atom. The van der Waals surface area contributed by atoms with Crippen LogP contribution < -0.4 is 15.5 Å². The number of rotatable bonds is 3. The molecule has 30 heavy (non-hydrogen) atoms. The molecular formula is C22H24Cl2N4O2. The Balaban J connectivity index is 1.71. The first kappa shape index (κ1) is 22.1. The number of alkyl carbamates (subject to hydrolysis) is 1. The van der Waals surface area contributed by atoms with Gasteiger partial charge in [0, 0.05) is 47.0 Å². The van der Waals surface area contributed by atoms with E-state index in [1.54, 1.807) is 6.20 Å². The number of hydrogen-bond donors (Lipinski definition) is 2. The van der Waals surface area contributed by atoms with Crippen LogP contribution in [0.15, 0.2) is 30.5 Å². The third-order valence-corrected chi connectivity index (χ3v) is 4.95. The van der Waals surface area contributed by atoms with Crippen molar-refractivity contribution in [3.63, 3.8) is 0 Å². The predicted molar refractivity (Wildman–Crippen MR) is 121 cm³/mol. The van der Waals surface area contributed by atoms with Gasteiger partial charge in [0.05, 0.1) is 12.2 Å². The number of hydrogen-bond acceptors (Lipinski definition) is 5. The first-order chi connectivity index (χ1) is 14.2. The number of anilines is 2. The largest absolute Gasteiger partial charge is 0.444 e. The van der Waals surface area contributed by atoms with Gasteiger partial charge in [-0.25, -0.2) is 9.78 Å². The van der Waals surface area contributed by atoms with Gasteiger partial charge in [-0.1, -0.05) is 41.1 Å². The molecule has 0 saturated heterocycles. The molecule has 0 unspecified atom stereocenters. The lowest BCUT2D eigenvalue weighted by Crippen LogP contribution is -2.34. The highest BCUT2D eigenvalue weighted by atomic mass is 35.5. The van der Waals surface area contributed by atoms with Gasteiger partial charge in [-0.05, 0) is 39.0 Å². The second-order valence-electron chi connectivity index (χ2n) is 7.80. The molecule has 1 amide bonds. The predicted octanol–water partition coefficient (Wildman–Crippen LogP) is 4.70. The Kier molecular flexibility index (Phi) is 6.96. The number of amides is 1. The first-order valence-electron chi connectivity index (χ1n) is 9.60. The molecule has 158 valence electrons. The lowest BCUT2D eigenvalue weighted by atomic mass is 10.1. The number of ether oxygens (including phenoxy) is 1. The fraction of sp³-hybridized carbons (Fsp3) is 0.364. The molecule has 1 aromatic carbocycles. The minimum Gasteiger partial charge on any atom is -0.444 e. The molecule has 0 spiro atoms. The Morgan fingerprint density at radius 1 is 1.33 bits per heavy atom. The zero-order chi connectivity index (χ0) is 21.7. The zero-order valence-electron chi connectivity index (χ0n) is 17.2. The van der Waals surface area contributed by atoms with Crippen LogP contribution in [0.2, 0.25) is 10.0 Å². The van der Waals surface area contributed by atoms with Crippen molar-refractivity contribution in [2.24, 2.45) is 0 Å². The molecule has 8 heteroatoms. The molecule has 6 nitrogen and oxygen atoms in total. The van der Waals surface area contributed by atoms with Gasteiger partial charge in [0.2, 0.25) is 0 Å². The van der Waals surface area contributed by atoms with E-state index in [-0.39, 0.29) is 6.54 Å². The number of nitrogens with one attached hydrogen (secondary N) is 2. The molecule has 1 aliphatic rings. The van der Waals surface area contributed by atoms with E-state index in [4.69, 9.17) is 27.9 Å². The van der Waals surface area contributed by atoms with Gasteiger partial charge in [-0.15, -0.1) is 0 Å². The summed E-state index contributed by atoms with van der Waals surface area (Å²) in [5.74, 6) is 6.75. The van der Waals surface area contributed by atoms with E-state index in [0.717, 1.165) is 35.7 Å². The van der Waals surface area contributed by atoms with Crippen molar-refractivity contribution in [2.75, 3.05) is 29.9 Å². The van der Waals surface area contributed by atoms with Crippen molar-refractivity contribution >= 4 is 40.8 Å². The van der Waals surface area contributed by atoms with Crippen molar-refractivity contribution < 1.29 is 9.53 Å². The molecule has 0 atom stereocenters. The molecule has 2 aromatic rings. The fourth-order valence-electron chi connectivity index (χ4n) is 2.94. The summed E-state index contributed by atoms with van der Waals surface area (Å²) in [6.07, 6.45) is 1.21. The van der Waals surface area contributed by atoms with E-state index in [0.29, 0.717) is 16.6 Å². The molecule has 0 saturated carbocycles. The number of benzene rings is 1. The number of pyridine rings is 1. The van der Waals surface area contributed by atoms with Crippen LogP contribution in [-0.2, 0) is 11.3 Å². The first-order valence-corrected chi connectivity index (χ1v) is 10.4. The number of carbonyl (C=O) groups is 1. The van der Waals surface area contributed by atoms with Crippen LogP contribution in [0.3, 0.4) is 0 Å². The Bertz CT molecular complexity index is 973. The molecule has 2 N–H and O–H groups in total. The molecule has 1 aliphatic heterocycles. The van der Waals surface area contributed by atoms with E-state index in [1.807, 2.05) is 45.0 Å². The van der Waals surface area contributed by atoms with Gasteiger partial charge in [0.1, 0.15) is 11.4 Å². The third kappa shape index (κ3) is 5.94. The maximum absolute atomic E-state index is 11.7. The summed E-state index contributed by atoms with van der Waals surface area (Å²) >= 11 is 12.7. The molecule has 0 fully saturated rings. The minimum absolute atomic E-state index is 0.184. The van der Waals surface area contributed by atoms with Crippen LogP contribution >= 0.6 is 23.2 Å². The molecule has 3 rings (SSSR count). The third-order valence-electron chi connectivity index (χ3n) is 4.25. The summed E-state index contributed by atoms with van der Waals surface area (Å²) in [7, 11) is 0. The van der Waals surface area contributed by atoms with Crippen LogP contribution in [0.4, 0.5) is 16.3 Å². The topological polar surface area (TPSA) is 66.5 Å². The number of carbonyl (C=O) groups excluding carboxylic acids is 1. The smallest absolute Gasteiger partial charge is 0.408 e. The van der Waals surface area contributed by atoms with E-state index >= 15 is 0 Å². The minimum atomic E-state index is -0.541.